The Bertz CT molecular complexity index is 887. The molecule has 6 nitrogen and oxygen atoms in total. The van der Waals surface area contributed by atoms with E-state index in [0.29, 0.717) is 17.1 Å². The van der Waals surface area contributed by atoms with Gasteiger partial charge in [-0.3, -0.25) is 14.4 Å². The number of aryl methyl sites for hydroxylation is 2. The van der Waals surface area contributed by atoms with E-state index in [1.807, 2.05) is 31.2 Å². The van der Waals surface area contributed by atoms with Crippen LogP contribution in [0.25, 0.3) is 0 Å². The number of carbonyl (C=O) groups excluding carboxylic acids is 2. The number of rotatable bonds is 8. The van der Waals surface area contributed by atoms with E-state index in [2.05, 4.69) is 10.6 Å². The van der Waals surface area contributed by atoms with Gasteiger partial charge < -0.3 is 15.7 Å². The Labute approximate surface area is 168 Å². The van der Waals surface area contributed by atoms with Crippen LogP contribution in [0.15, 0.2) is 24.3 Å². The SMILES string of the molecule is Cc1ccc(CNC(=O)c2c(NC(=O)CCCC(=O)O)sc3c2CCC3)cc1. The van der Waals surface area contributed by atoms with Crippen LogP contribution in [0.2, 0.25) is 0 Å². The fourth-order valence-corrected chi connectivity index (χ4v) is 4.60. The number of benzene rings is 1. The highest BCUT2D eigenvalue weighted by atomic mass is 32.1. The first-order chi connectivity index (χ1) is 13.4. The number of amides is 2. The average molecular weight is 401 g/mol. The smallest absolute Gasteiger partial charge is 0.303 e. The maximum absolute atomic E-state index is 12.9. The predicted molar refractivity (Wildman–Crippen MR) is 109 cm³/mol. The summed E-state index contributed by atoms with van der Waals surface area (Å²) in [4.78, 5) is 36.8. The number of anilines is 1. The van der Waals surface area contributed by atoms with Gasteiger partial charge in [0.05, 0.1) is 5.56 Å². The zero-order valence-electron chi connectivity index (χ0n) is 15.8. The van der Waals surface area contributed by atoms with Crippen LogP contribution in [-0.2, 0) is 29.0 Å². The molecule has 1 heterocycles. The van der Waals surface area contributed by atoms with Gasteiger partial charge in [0.1, 0.15) is 5.00 Å². The van der Waals surface area contributed by atoms with Crippen LogP contribution in [0, 0.1) is 6.92 Å². The lowest BCUT2D eigenvalue weighted by molar-refractivity contribution is -0.137. The largest absolute Gasteiger partial charge is 0.481 e. The molecule has 148 valence electrons. The van der Waals surface area contributed by atoms with Crippen molar-refractivity contribution in [3.63, 3.8) is 0 Å². The Morgan fingerprint density at radius 2 is 1.86 bits per heavy atom. The minimum absolute atomic E-state index is 0.0434. The molecule has 3 rings (SSSR count). The normalized spacial score (nSPS) is 12.5. The summed E-state index contributed by atoms with van der Waals surface area (Å²) in [6.45, 7) is 2.44. The van der Waals surface area contributed by atoms with Crippen LogP contribution >= 0.6 is 11.3 Å². The van der Waals surface area contributed by atoms with Crippen LogP contribution < -0.4 is 10.6 Å². The van der Waals surface area contributed by atoms with E-state index in [4.69, 9.17) is 5.11 Å². The van der Waals surface area contributed by atoms with Gasteiger partial charge in [-0.05, 0) is 43.7 Å². The third-order valence-electron chi connectivity index (χ3n) is 4.77. The number of aliphatic carboxylic acids is 1. The summed E-state index contributed by atoms with van der Waals surface area (Å²) in [5.74, 6) is -1.35. The molecule has 0 radical (unpaired) electrons. The topological polar surface area (TPSA) is 95.5 Å². The van der Waals surface area contributed by atoms with E-state index in [0.717, 1.165) is 35.3 Å². The van der Waals surface area contributed by atoms with Gasteiger partial charge in [0.15, 0.2) is 0 Å². The summed E-state index contributed by atoms with van der Waals surface area (Å²) < 4.78 is 0. The average Bonchev–Trinajstić information content (AvgIpc) is 3.21. The summed E-state index contributed by atoms with van der Waals surface area (Å²) in [6.07, 6.45) is 3.14. The zero-order chi connectivity index (χ0) is 20.1. The predicted octanol–water partition coefficient (Wildman–Crippen LogP) is 3.67. The molecule has 0 saturated carbocycles. The number of thiophene rings is 1. The number of hydrogen-bond donors (Lipinski definition) is 3. The fraction of sp³-hybridized carbons (Fsp3) is 0.381. The summed E-state index contributed by atoms with van der Waals surface area (Å²) in [5.41, 5.74) is 3.78. The van der Waals surface area contributed by atoms with Crippen LogP contribution in [0.5, 0.6) is 0 Å². The molecular weight excluding hydrogens is 376 g/mol. The first-order valence-corrected chi connectivity index (χ1v) is 10.3. The lowest BCUT2D eigenvalue weighted by Gasteiger charge is -2.10. The van der Waals surface area contributed by atoms with E-state index in [1.54, 1.807) is 0 Å². The van der Waals surface area contributed by atoms with Gasteiger partial charge in [-0.15, -0.1) is 11.3 Å². The molecule has 1 aliphatic rings. The highest BCUT2D eigenvalue weighted by Crippen LogP contribution is 2.39. The van der Waals surface area contributed by atoms with Crippen molar-refractivity contribution >= 4 is 34.1 Å². The van der Waals surface area contributed by atoms with Crippen molar-refractivity contribution in [2.45, 2.75) is 52.0 Å². The third-order valence-corrected chi connectivity index (χ3v) is 5.98. The van der Waals surface area contributed by atoms with E-state index in [1.165, 1.54) is 16.9 Å². The second kappa shape index (κ2) is 9.01. The second-order valence-corrected chi connectivity index (χ2v) is 8.13. The van der Waals surface area contributed by atoms with Crippen molar-refractivity contribution in [3.8, 4) is 0 Å². The monoisotopic (exact) mass is 400 g/mol. The molecule has 28 heavy (non-hydrogen) atoms. The van der Waals surface area contributed by atoms with Crippen molar-refractivity contribution in [2.75, 3.05) is 5.32 Å². The van der Waals surface area contributed by atoms with Crippen molar-refractivity contribution in [3.05, 3.63) is 51.4 Å². The summed E-state index contributed by atoms with van der Waals surface area (Å²) in [7, 11) is 0. The molecule has 0 saturated heterocycles. The molecule has 0 fully saturated rings. The maximum Gasteiger partial charge on any atom is 0.303 e. The van der Waals surface area contributed by atoms with Crippen LogP contribution in [0.3, 0.4) is 0 Å². The second-order valence-electron chi connectivity index (χ2n) is 7.03. The van der Waals surface area contributed by atoms with E-state index in [9.17, 15) is 14.4 Å². The molecule has 0 unspecified atom stereocenters. The summed E-state index contributed by atoms with van der Waals surface area (Å²) in [5, 5.41) is 15.1. The number of nitrogens with one attached hydrogen (secondary N) is 2. The fourth-order valence-electron chi connectivity index (χ4n) is 3.30. The lowest BCUT2D eigenvalue weighted by Crippen LogP contribution is -2.25. The molecule has 1 aromatic carbocycles. The van der Waals surface area contributed by atoms with Gasteiger partial charge >= 0.3 is 5.97 Å². The molecule has 1 aliphatic carbocycles. The highest BCUT2D eigenvalue weighted by Gasteiger charge is 2.27. The van der Waals surface area contributed by atoms with Crippen molar-refractivity contribution in [1.29, 1.82) is 0 Å². The Kier molecular flexibility index (Phi) is 6.46. The van der Waals surface area contributed by atoms with Gasteiger partial charge in [0.25, 0.3) is 5.91 Å². The Morgan fingerprint density at radius 3 is 2.57 bits per heavy atom. The lowest BCUT2D eigenvalue weighted by atomic mass is 10.1. The molecule has 2 amide bonds. The maximum atomic E-state index is 12.9. The molecule has 0 bridgehead atoms. The summed E-state index contributed by atoms with van der Waals surface area (Å²) in [6, 6.07) is 7.98. The third kappa shape index (κ3) is 4.98. The molecular formula is C21H24N2O4S. The van der Waals surface area contributed by atoms with Crippen LogP contribution in [0.1, 0.15) is 57.6 Å². The molecule has 0 aliphatic heterocycles. The van der Waals surface area contributed by atoms with Crippen LogP contribution in [0.4, 0.5) is 5.00 Å². The van der Waals surface area contributed by atoms with E-state index < -0.39 is 5.97 Å². The molecule has 7 heteroatoms. The first-order valence-electron chi connectivity index (χ1n) is 9.44. The van der Waals surface area contributed by atoms with Gasteiger partial charge in [0, 0.05) is 24.3 Å². The number of carbonyl (C=O) groups is 3. The standard InChI is InChI=1S/C21H24N2O4S/c1-13-8-10-14(11-9-13)12-22-20(27)19-15-4-2-5-16(15)28-21(19)23-17(24)6-3-7-18(25)26/h8-11H,2-7,12H2,1H3,(H,22,27)(H,23,24)(H,25,26). The van der Waals surface area contributed by atoms with E-state index in [-0.39, 0.29) is 31.1 Å². The minimum Gasteiger partial charge on any atom is -0.481 e. The Hall–Kier alpha value is -2.67. The van der Waals surface area contributed by atoms with Crippen LogP contribution in [-0.4, -0.2) is 22.9 Å². The Balaban J connectivity index is 1.68. The molecule has 0 atom stereocenters. The molecule has 1 aromatic heterocycles. The quantitative estimate of drug-likeness (QED) is 0.630. The number of fused-ring (bicyclic) bond motifs is 1. The zero-order valence-corrected chi connectivity index (χ0v) is 16.7. The minimum atomic E-state index is -0.918. The number of carboxylic acid groups (broad SMARTS) is 1. The van der Waals surface area contributed by atoms with Gasteiger partial charge in [0.2, 0.25) is 5.91 Å². The summed E-state index contributed by atoms with van der Waals surface area (Å²) >= 11 is 1.46. The molecule has 0 spiro atoms. The van der Waals surface area contributed by atoms with E-state index >= 15 is 0 Å². The van der Waals surface area contributed by atoms with Crippen molar-refractivity contribution < 1.29 is 19.5 Å². The molecule has 2 aromatic rings. The molecule has 3 N–H and O–H groups in total. The number of carboxylic acids is 1. The van der Waals surface area contributed by atoms with Gasteiger partial charge in [-0.1, -0.05) is 29.8 Å². The highest BCUT2D eigenvalue weighted by molar-refractivity contribution is 7.17. The van der Waals surface area contributed by atoms with Gasteiger partial charge in [-0.25, -0.2) is 0 Å². The van der Waals surface area contributed by atoms with Crippen molar-refractivity contribution in [1.82, 2.24) is 5.32 Å². The van der Waals surface area contributed by atoms with Gasteiger partial charge in [-0.2, -0.15) is 0 Å². The number of hydrogen-bond acceptors (Lipinski definition) is 4. The van der Waals surface area contributed by atoms with Crippen molar-refractivity contribution in [2.24, 2.45) is 0 Å². The Morgan fingerprint density at radius 1 is 1.11 bits per heavy atom. The first kappa shape index (κ1) is 20.1.